The van der Waals surface area contributed by atoms with E-state index < -0.39 is 5.60 Å². The van der Waals surface area contributed by atoms with Crippen LogP contribution >= 0.6 is 0 Å². The van der Waals surface area contributed by atoms with Gasteiger partial charge in [-0.25, -0.2) is 4.79 Å². The quantitative estimate of drug-likeness (QED) is 0.872. The summed E-state index contributed by atoms with van der Waals surface area (Å²) in [6.45, 7) is 8.47. The fourth-order valence-corrected chi connectivity index (χ4v) is 1.87. The van der Waals surface area contributed by atoms with Crippen molar-refractivity contribution in [2.24, 2.45) is 0 Å². The van der Waals surface area contributed by atoms with Gasteiger partial charge in [-0.05, 0) is 39.2 Å². The summed E-state index contributed by atoms with van der Waals surface area (Å²) in [4.78, 5) is 13.9. The Bertz CT molecular complexity index is 425. The molecule has 4 nitrogen and oxygen atoms in total. The highest BCUT2D eigenvalue weighted by atomic mass is 16.6. The first-order valence-corrected chi connectivity index (χ1v) is 7.51. The van der Waals surface area contributed by atoms with Gasteiger partial charge in [0.1, 0.15) is 5.60 Å². The topological polar surface area (TPSA) is 49.8 Å². The number of ether oxygens (including phenoxy) is 1. The molecular formula is C17H27NO3. The van der Waals surface area contributed by atoms with Crippen molar-refractivity contribution in [2.75, 3.05) is 6.54 Å². The van der Waals surface area contributed by atoms with Gasteiger partial charge in [-0.15, -0.1) is 0 Å². The Balaban J connectivity index is 2.71. The van der Waals surface area contributed by atoms with E-state index in [-0.39, 0.29) is 12.2 Å². The molecule has 1 N–H and O–H groups in total. The highest BCUT2D eigenvalue weighted by Gasteiger charge is 2.22. The first kappa shape index (κ1) is 17.5. The van der Waals surface area contributed by atoms with E-state index in [1.54, 1.807) is 4.90 Å². The molecule has 0 bridgehead atoms. The molecule has 4 heteroatoms. The highest BCUT2D eigenvalue weighted by Crippen LogP contribution is 2.14. The van der Waals surface area contributed by atoms with E-state index in [1.807, 2.05) is 58.0 Å². The van der Waals surface area contributed by atoms with Crippen LogP contribution in [-0.4, -0.2) is 34.3 Å². The normalized spacial score (nSPS) is 12.8. The van der Waals surface area contributed by atoms with Crippen LogP contribution in [0.2, 0.25) is 0 Å². The van der Waals surface area contributed by atoms with Crippen molar-refractivity contribution < 1.29 is 14.6 Å². The van der Waals surface area contributed by atoms with Crippen LogP contribution < -0.4 is 0 Å². The van der Waals surface area contributed by atoms with E-state index in [2.05, 4.69) is 0 Å². The zero-order valence-corrected chi connectivity index (χ0v) is 13.5. The van der Waals surface area contributed by atoms with Gasteiger partial charge in [0.25, 0.3) is 0 Å². The molecule has 0 spiro atoms. The lowest BCUT2D eigenvalue weighted by molar-refractivity contribution is 0.0203. The van der Waals surface area contributed by atoms with Gasteiger partial charge in [-0.2, -0.15) is 0 Å². The monoisotopic (exact) mass is 293 g/mol. The van der Waals surface area contributed by atoms with Gasteiger partial charge in [0.05, 0.1) is 6.10 Å². The molecule has 0 saturated carbocycles. The van der Waals surface area contributed by atoms with Crippen molar-refractivity contribution in [3.63, 3.8) is 0 Å². The number of amides is 1. The number of hydrogen-bond donors (Lipinski definition) is 1. The summed E-state index contributed by atoms with van der Waals surface area (Å²) in [6, 6.07) is 9.80. The number of hydrogen-bond acceptors (Lipinski definition) is 3. The van der Waals surface area contributed by atoms with Crippen LogP contribution in [0, 0.1) is 0 Å². The summed E-state index contributed by atoms with van der Waals surface area (Å²) in [5.41, 5.74) is 0.532. The van der Waals surface area contributed by atoms with Crippen LogP contribution in [0.5, 0.6) is 0 Å². The third-order valence-electron chi connectivity index (χ3n) is 3.07. The van der Waals surface area contributed by atoms with Gasteiger partial charge >= 0.3 is 6.09 Å². The average molecular weight is 293 g/mol. The molecule has 0 aliphatic rings. The smallest absolute Gasteiger partial charge is 0.410 e. The van der Waals surface area contributed by atoms with Crippen LogP contribution in [0.15, 0.2) is 30.3 Å². The predicted octanol–water partition coefficient (Wildman–Crippen LogP) is 3.58. The molecule has 0 aliphatic carbocycles. The minimum absolute atomic E-state index is 0.338. The molecule has 1 atom stereocenters. The first-order valence-electron chi connectivity index (χ1n) is 7.51. The highest BCUT2D eigenvalue weighted by molar-refractivity contribution is 5.68. The van der Waals surface area contributed by atoms with Gasteiger partial charge < -0.3 is 14.7 Å². The Morgan fingerprint density at radius 1 is 1.29 bits per heavy atom. The number of carbonyl (C=O) groups excluding carboxylic acids is 1. The third kappa shape index (κ3) is 7.14. The Morgan fingerprint density at radius 2 is 1.90 bits per heavy atom. The maximum atomic E-state index is 12.3. The number of rotatable bonds is 6. The fraction of sp³-hybridized carbons (Fsp3) is 0.588. The maximum Gasteiger partial charge on any atom is 0.410 e. The van der Waals surface area contributed by atoms with Gasteiger partial charge in [0.2, 0.25) is 0 Å². The first-order chi connectivity index (χ1) is 9.81. The molecule has 0 heterocycles. The molecule has 0 radical (unpaired) electrons. The largest absolute Gasteiger partial charge is 0.444 e. The molecule has 0 aliphatic heterocycles. The van der Waals surface area contributed by atoms with Gasteiger partial charge in [-0.1, -0.05) is 37.3 Å². The Labute approximate surface area is 127 Å². The van der Waals surface area contributed by atoms with Gasteiger partial charge in [0.15, 0.2) is 0 Å². The predicted molar refractivity (Wildman–Crippen MR) is 84.0 cm³/mol. The molecule has 0 unspecified atom stereocenters. The number of nitrogens with zero attached hydrogens (tertiary/aromatic N) is 1. The second kappa shape index (κ2) is 8.03. The molecule has 118 valence electrons. The zero-order chi connectivity index (χ0) is 15.9. The van der Waals surface area contributed by atoms with Crippen LogP contribution in [0.4, 0.5) is 4.79 Å². The van der Waals surface area contributed by atoms with E-state index in [0.717, 1.165) is 5.56 Å². The summed E-state index contributed by atoms with van der Waals surface area (Å²) < 4.78 is 5.44. The third-order valence-corrected chi connectivity index (χ3v) is 3.07. The number of carbonyl (C=O) groups is 1. The SMILES string of the molecule is CC[C@H](O)CCN(Cc1ccccc1)C(=O)OC(C)(C)C. The Kier molecular flexibility index (Phi) is 6.69. The van der Waals surface area contributed by atoms with Gasteiger partial charge in [-0.3, -0.25) is 0 Å². The van der Waals surface area contributed by atoms with Crippen LogP contribution in [0.1, 0.15) is 46.1 Å². The molecular weight excluding hydrogens is 266 g/mol. The minimum Gasteiger partial charge on any atom is -0.444 e. The molecule has 1 amide bonds. The summed E-state index contributed by atoms with van der Waals surface area (Å²) >= 11 is 0. The van der Waals surface area contributed by atoms with E-state index in [0.29, 0.717) is 25.9 Å². The summed E-state index contributed by atoms with van der Waals surface area (Å²) in [7, 11) is 0. The van der Waals surface area contributed by atoms with Crippen molar-refractivity contribution in [3.8, 4) is 0 Å². The van der Waals surface area contributed by atoms with Crippen molar-refractivity contribution in [1.82, 2.24) is 4.90 Å². The van der Waals surface area contributed by atoms with E-state index in [1.165, 1.54) is 0 Å². The van der Waals surface area contributed by atoms with Crippen LogP contribution in [0.25, 0.3) is 0 Å². The fourth-order valence-electron chi connectivity index (χ4n) is 1.87. The molecule has 21 heavy (non-hydrogen) atoms. The molecule has 1 rings (SSSR count). The lowest BCUT2D eigenvalue weighted by Gasteiger charge is -2.28. The van der Waals surface area contributed by atoms with Crippen LogP contribution in [-0.2, 0) is 11.3 Å². The number of benzene rings is 1. The molecule has 0 aromatic heterocycles. The lowest BCUT2D eigenvalue weighted by Crippen LogP contribution is -2.38. The Hall–Kier alpha value is -1.55. The van der Waals surface area contributed by atoms with Crippen molar-refractivity contribution in [1.29, 1.82) is 0 Å². The van der Waals surface area contributed by atoms with E-state index >= 15 is 0 Å². The zero-order valence-electron chi connectivity index (χ0n) is 13.5. The molecule has 0 fully saturated rings. The second-order valence-electron chi connectivity index (χ2n) is 6.24. The molecule has 0 saturated heterocycles. The number of aliphatic hydroxyl groups is 1. The minimum atomic E-state index is -0.518. The van der Waals surface area contributed by atoms with Crippen molar-refractivity contribution in [3.05, 3.63) is 35.9 Å². The summed E-state index contributed by atoms with van der Waals surface area (Å²) in [5, 5.41) is 9.71. The second-order valence-corrected chi connectivity index (χ2v) is 6.24. The standard InChI is InChI=1S/C17H27NO3/c1-5-15(19)11-12-18(16(20)21-17(2,3)4)13-14-9-7-6-8-10-14/h6-10,15,19H,5,11-13H2,1-4H3/t15-/m0/s1. The lowest BCUT2D eigenvalue weighted by atomic mass is 10.1. The molecule has 1 aromatic carbocycles. The van der Waals surface area contributed by atoms with E-state index in [4.69, 9.17) is 4.74 Å². The van der Waals surface area contributed by atoms with E-state index in [9.17, 15) is 9.90 Å². The summed E-state index contributed by atoms with van der Waals surface area (Å²) in [5.74, 6) is 0. The van der Waals surface area contributed by atoms with Crippen molar-refractivity contribution in [2.45, 2.75) is 58.8 Å². The molecule has 1 aromatic rings. The van der Waals surface area contributed by atoms with Crippen LogP contribution in [0.3, 0.4) is 0 Å². The number of aliphatic hydroxyl groups excluding tert-OH is 1. The summed E-state index contributed by atoms with van der Waals surface area (Å²) in [6.07, 6.45) is 0.524. The average Bonchev–Trinajstić information content (AvgIpc) is 2.42. The van der Waals surface area contributed by atoms with Crippen molar-refractivity contribution >= 4 is 6.09 Å². The van der Waals surface area contributed by atoms with Gasteiger partial charge in [0, 0.05) is 13.1 Å². The maximum absolute atomic E-state index is 12.3. The Morgan fingerprint density at radius 3 is 2.43 bits per heavy atom.